The predicted octanol–water partition coefficient (Wildman–Crippen LogP) is 3.69. The van der Waals surface area contributed by atoms with E-state index in [0.717, 1.165) is 27.7 Å². The zero-order valence-corrected chi connectivity index (χ0v) is 11.9. The van der Waals surface area contributed by atoms with Crippen LogP contribution in [-0.2, 0) is 15.3 Å². The lowest BCUT2D eigenvalue weighted by molar-refractivity contribution is -0.143. The van der Waals surface area contributed by atoms with Crippen molar-refractivity contribution in [2.75, 3.05) is 12.9 Å². The zero-order valence-electron chi connectivity index (χ0n) is 10.3. The number of rotatable bonds is 5. The number of methoxy groups -OCH3 is 1. The molecule has 1 rings (SSSR count). The molecule has 0 aliphatic rings. The highest BCUT2D eigenvalue weighted by molar-refractivity contribution is 7.98. The van der Waals surface area contributed by atoms with Crippen molar-refractivity contribution in [3.8, 4) is 0 Å². The second-order valence-corrected chi connectivity index (χ2v) is 5.47. The number of thioether (sulfide) groups is 1. The molecule has 0 bridgehead atoms. The van der Waals surface area contributed by atoms with E-state index in [1.54, 1.807) is 11.8 Å². The molecule has 0 aliphatic carbocycles. The molecule has 4 heteroatoms. The largest absolute Gasteiger partial charge is 0.469 e. The molecule has 0 N–H and O–H groups in total. The van der Waals surface area contributed by atoms with Crippen LogP contribution >= 0.6 is 23.4 Å². The molecule has 1 unspecified atom stereocenters. The topological polar surface area (TPSA) is 26.3 Å². The fourth-order valence-electron chi connectivity index (χ4n) is 1.38. The van der Waals surface area contributed by atoms with Crippen molar-refractivity contribution in [3.05, 3.63) is 34.3 Å². The third kappa shape index (κ3) is 4.60. The molecule has 0 aliphatic heterocycles. The number of benzene rings is 1. The molecule has 0 saturated heterocycles. The molecule has 1 aromatic carbocycles. The van der Waals surface area contributed by atoms with Crippen LogP contribution in [0.25, 0.3) is 0 Å². The van der Waals surface area contributed by atoms with E-state index < -0.39 is 0 Å². The first-order chi connectivity index (χ1) is 8.04. The second kappa shape index (κ2) is 6.92. The lowest BCUT2D eigenvalue weighted by Gasteiger charge is -2.09. The Morgan fingerprint density at radius 2 is 2.24 bits per heavy atom. The van der Waals surface area contributed by atoms with Gasteiger partial charge in [0.05, 0.1) is 13.0 Å². The number of esters is 1. The molecule has 0 fully saturated rings. The van der Waals surface area contributed by atoms with Gasteiger partial charge in [0.25, 0.3) is 0 Å². The van der Waals surface area contributed by atoms with Gasteiger partial charge in [-0.15, -0.1) is 0 Å². The molecule has 0 saturated carbocycles. The summed E-state index contributed by atoms with van der Waals surface area (Å²) in [6.07, 6.45) is 0. The van der Waals surface area contributed by atoms with Gasteiger partial charge < -0.3 is 4.74 Å². The van der Waals surface area contributed by atoms with E-state index in [9.17, 15) is 4.79 Å². The smallest absolute Gasteiger partial charge is 0.309 e. The molecule has 0 aromatic heterocycles. The quantitative estimate of drug-likeness (QED) is 0.765. The molecule has 2 nitrogen and oxygen atoms in total. The Labute approximate surface area is 112 Å². The van der Waals surface area contributed by atoms with Gasteiger partial charge in [-0.2, -0.15) is 11.8 Å². The SMILES string of the molecule is COC(=O)C(C)CSCc1ccc(C)cc1Cl. The molecule has 17 heavy (non-hydrogen) atoms. The minimum Gasteiger partial charge on any atom is -0.469 e. The van der Waals surface area contributed by atoms with Crippen molar-refractivity contribution in [2.45, 2.75) is 19.6 Å². The van der Waals surface area contributed by atoms with Crippen LogP contribution < -0.4 is 0 Å². The van der Waals surface area contributed by atoms with Gasteiger partial charge >= 0.3 is 5.97 Å². The maximum Gasteiger partial charge on any atom is 0.309 e. The highest BCUT2D eigenvalue weighted by Crippen LogP contribution is 2.23. The average Bonchev–Trinajstić information content (AvgIpc) is 2.30. The van der Waals surface area contributed by atoms with Crippen LogP contribution in [-0.4, -0.2) is 18.8 Å². The summed E-state index contributed by atoms with van der Waals surface area (Å²) in [4.78, 5) is 11.2. The van der Waals surface area contributed by atoms with Gasteiger partial charge in [0.2, 0.25) is 0 Å². The summed E-state index contributed by atoms with van der Waals surface area (Å²) in [5, 5.41) is 0.795. The van der Waals surface area contributed by atoms with Crippen LogP contribution in [0.2, 0.25) is 5.02 Å². The minimum atomic E-state index is -0.160. The second-order valence-electron chi connectivity index (χ2n) is 4.03. The van der Waals surface area contributed by atoms with Crippen LogP contribution in [0.4, 0.5) is 0 Å². The Hall–Kier alpha value is -0.670. The molecule has 1 aromatic rings. The number of hydrogen-bond acceptors (Lipinski definition) is 3. The fraction of sp³-hybridized carbons (Fsp3) is 0.462. The number of aryl methyl sites for hydroxylation is 1. The first kappa shape index (κ1) is 14.4. The number of halogens is 1. The molecule has 1 atom stereocenters. The van der Waals surface area contributed by atoms with Crippen LogP contribution in [0.5, 0.6) is 0 Å². The first-order valence-corrected chi connectivity index (χ1v) is 6.98. The Morgan fingerprint density at radius 3 is 2.82 bits per heavy atom. The summed E-state index contributed by atoms with van der Waals surface area (Å²) >= 11 is 7.82. The van der Waals surface area contributed by atoms with E-state index in [4.69, 9.17) is 11.6 Å². The van der Waals surface area contributed by atoms with E-state index in [1.807, 2.05) is 32.0 Å². The van der Waals surface area contributed by atoms with Crippen LogP contribution in [0, 0.1) is 12.8 Å². The van der Waals surface area contributed by atoms with Gasteiger partial charge in [-0.25, -0.2) is 0 Å². The summed E-state index contributed by atoms with van der Waals surface area (Å²) in [6, 6.07) is 6.04. The normalized spacial score (nSPS) is 12.2. The molecular weight excluding hydrogens is 256 g/mol. The first-order valence-electron chi connectivity index (χ1n) is 5.45. The van der Waals surface area contributed by atoms with Gasteiger partial charge in [-0.1, -0.05) is 30.7 Å². The van der Waals surface area contributed by atoms with E-state index in [0.29, 0.717) is 0 Å². The molecule has 0 radical (unpaired) electrons. The van der Waals surface area contributed by atoms with Gasteiger partial charge in [0.1, 0.15) is 0 Å². The van der Waals surface area contributed by atoms with Crippen LogP contribution in [0.3, 0.4) is 0 Å². The minimum absolute atomic E-state index is 0.0748. The standard InChI is InChI=1S/C13H17ClO2S/c1-9-4-5-11(12(14)6-9)8-17-7-10(2)13(15)16-3/h4-6,10H,7-8H2,1-3H3. The van der Waals surface area contributed by atoms with Crippen LogP contribution in [0.1, 0.15) is 18.1 Å². The molecular formula is C13H17ClO2S. The number of hydrogen-bond donors (Lipinski definition) is 0. The van der Waals surface area contributed by atoms with Gasteiger partial charge in [0.15, 0.2) is 0 Å². The van der Waals surface area contributed by atoms with Crippen molar-refractivity contribution in [2.24, 2.45) is 5.92 Å². The van der Waals surface area contributed by atoms with E-state index in [2.05, 4.69) is 4.74 Å². The lowest BCUT2D eigenvalue weighted by Crippen LogP contribution is -2.14. The monoisotopic (exact) mass is 272 g/mol. The third-order valence-electron chi connectivity index (χ3n) is 2.44. The number of ether oxygens (including phenoxy) is 1. The lowest BCUT2D eigenvalue weighted by atomic mass is 10.2. The third-order valence-corrected chi connectivity index (χ3v) is 4.04. The van der Waals surface area contributed by atoms with Crippen molar-refractivity contribution in [1.82, 2.24) is 0 Å². The summed E-state index contributed by atoms with van der Waals surface area (Å²) < 4.78 is 4.68. The Kier molecular flexibility index (Phi) is 5.86. The van der Waals surface area contributed by atoms with E-state index in [1.165, 1.54) is 7.11 Å². The Morgan fingerprint density at radius 1 is 1.53 bits per heavy atom. The van der Waals surface area contributed by atoms with Crippen molar-refractivity contribution >= 4 is 29.3 Å². The highest BCUT2D eigenvalue weighted by Gasteiger charge is 2.13. The summed E-state index contributed by atoms with van der Waals surface area (Å²) in [6.45, 7) is 3.89. The zero-order chi connectivity index (χ0) is 12.8. The Balaban J connectivity index is 2.43. The van der Waals surface area contributed by atoms with Crippen molar-refractivity contribution in [3.63, 3.8) is 0 Å². The predicted molar refractivity (Wildman–Crippen MR) is 73.5 cm³/mol. The molecule has 94 valence electrons. The number of carbonyl (C=O) groups is 1. The van der Waals surface area contributed by atoms with Crippen LogP contribution in [0.15, 0.2) is 18.2 Å². The van der Waals surface area contributed by atoms with Crippen molar-refractivity contribution < 1.29 is 9.53 Å². The maximum absolute atomic E-state index is 11.2. The molecule has 0 heterocycles. The average molecular weight is 273 g/mol. The van der Waals surface area contributed by atoms with Gasteiger partial charge in [-0.05, 0) is 24.1 Å². The van der Waals surface area contributed by atoms with Gasteiger partial charge in [-0.3, -0.25) is 4.79 Å². The summed E-state index contributed by atoms with van der Waals surface area (Å²) in [7, 11) is 1.42. The summed E-state index contributed by atoms with van der Waals surface area (Å²) in [5.74, 6) is 1.33. The highest BCUT2D eigenvalue weighted by atomic mass is 35.5. The van der Waals surface area contributed by atoms with Crippen molar-refractivity contribution in [1.29, 1.82) is 0 Å². The maximum atomic E-state index is 11.2. The van der Waals surface area contributed by atoms with Gasteiger partial charge in [0, 0.05) is 16.5 Å². The Bertz CT molecular complexity index is 393. The number of carbonyl (C=O) groups excluding carboxylic acids is 1. The van der Waals surface area contributed by atoms with E-state index in [-0.39, 0.29) is 11.9 Å². The van der Waals surface area contributed by atoms with E-state index >= 15 is 0 Å². The fourth-order valence-corrected chi connectivity index (χ4v) is 2.84. The summed E-state index contributed by atoms with van der Waals surface area (Å²) in [5.41, 5.74) is 2.27. The molecule has 0 spiro atoms. The molecule has 0 amide bonds.